The molecule has 3 rings (SSSR count). The molecule has 1 aliphatic heterocycles. The van der Waals surface area contributed by atoms with Gasteiger partial charge in [0.15, 0.2) is 11.9 Å². The van der Waals surface area contributed by atoms with E-state index in [1.165, 1.54) is 25.1 Å². The fourth-order valence-electron chi connectivity index (χ4n) is 2.57. The Hall–Kier alpha value is -2.71. The first-order valence-electron chi connectivity index (χ1n) is 8.04. The summed E-state index contributed by atoms with van der Waals surface area (Å²) in [4.78, 5) is 23.5. The predicted octanol–water partition coefficient (Wildman–Crippen LogP) is 1.96. The summed E-state index contributed by atoms with van der Waals surface area (Å²) >= 11 is 0. The van der Waals surface area contributed by atoms with Crippen molar-refractivity contribution in [2.45, 2.75) is 24.3 Å². The van der Waals surface area contributed by atoms with Gasteiger partial charge in [-0.3, -0.25) is 9.59 Å². The first-order chi connectivity index (χ1) is 12.4. The van der Waals surface area contributed by atoms with Gasteiger partial charge in [0.2, 0.25) is 10.0 Å². The molecule has 0 bridgehead atoms. The minimum Gasteiger partial charge on any atom is -0.478 e. The second kappa shape index (κ2) is 7.27. The van der Waals surface area contributed by atoms with Crippen LogP contribution < -0.4 is 14.8 Å². The lowest BCUT2D eigenvalue weighted by Crippen LogP contribution is -2.39. The minimum absolute atomic E-state index is 0.00422. The largest absolute Gasteiger partial charge is 0.478 e. The van der Waals surface area contributed by atoms with Crippen LogP contribution in [0.3, 0.4) is 0 Å². The lowest BCUT2D eigenvalue weighted by Gasteiger charge is -2.25. The Kier molecular flexibility index (Phi) is 5.06. The van der Waals surface area contributed by atoms with E-state index in [9.17, 15) is 18.0 Å². The highest BCUT2D eigenvalue weighted by Gasteiger charge is 2.27. The molecule has 1 heterocycles. The highest BCUT2D eigenvalue weighted by molar-refractivity contribution is 7.89. The number of Topliss-reactive ketones (excluding diaryl/α,β-unsaturated/α-hetero) is 1. The summed E-state index contributed by atoms with van der Waals surface area (Å²) in [7, 11) is -3.78. The van der Waals surface area contributed by atoms with Crippen molar-refractivity contribution in [3.63, 3.8) is 0 Å². The van der Waals surface area contributed by atoms with E-state index in [0.29, 0.717) is 17.0 Å². The highest BCUT2D eigenvalue weighted by atomic mass is 32.2. The van der Waals surface area contributed by atoms with Crippen LogP contribution in [-0.4, -0.2) is 32.8 Å². The highest BCUT2D eigenvalue weighted by Crippen LogP contribution is 2.29. The van der Waals surface area contributed by atoms with Crippen molar-refractivity contribution in [1.82, 2.24) is 4.72 Å². The van der Waals surface area contributed by atoms with Gasteiger partial charge < -0.3 is 10.1 Å². The number of ether oxygens (including phenoxy) is 1. The van der Waals surface area contributed by atoms with E-state index >= 15 is 0 Å². The Bertz CT molecular complexity index is 956. The molecule has 0 fully saturated rings. The molecule has 1 amide bonds. The number of anilines is 1. The first-order valence-corrected chi connectivity index (χ1v) is 9.52. The molecule has 2 N–H and O–H groups in total. The number of para-hydroxylation sites is 2. The number of fused-ring (bicyclic) bond motifs is 1. The maximum Gasteiger partial charge on any atom is 0.265 e. The van der Waals surface area contributed by atoms with Crippen LogP contribution >= 0.6 is 0 Å². The van der Waals surface area contributed by atoms with Crippen molar-refractivity contribution in [2.75, 3.05) is 11.9 Å². The van der Waals surface area contributed by atoms with E-state index in [1.807, 2.05) is 0 Å². The number of amides is 1. The number of hydrogen-bond donors (Lipinski definition) is 2. The van der Waals surface area contributed by atoms with Crippen LogP contribution in [0.4, 0.5) is 5.69 Å². The number of sulfonamides is 1. The van der Waals surface area contributed by atoms with Gasteiger partial charge >= 0.3 is 0 Å². The fourth-order valence-corrected chi connectivity index (χ4v) is 3.67. The van der Waals surface area contributed by atoms with Gasteiger partial charge in [0.1, 0.15) is 5.75 Å². The molecular weight excluding hydrogens is 356 g/mol. The third kappa shape index (κ3) is 3.92. The minimum atomic E-state index is -3.78. The lowest BCUT2D eigenvalue weighted by atomic mass is 10.1. The summed E-state index contributed by atoms with van der Waals surface area (Å²) in [5.74, 6) is 0.0172. The monoisotopic (exact) mass is 374 g/mol. The van der Waals surface area contributed by atoms with Gasteiger partial charge in [-0.25, -0.2) is 13.1 Å². The van der Waals surface area contributed by atoms with Gasteiger partial charge in [-0.15, -0.1) is 0 Å². The number of nitrogens with one attached hydrogen (secondary N) is 2. The van der Waals surface area contributed by atoms with Crippen molar-refractivity contribution in [3.05, 3.63) is 54.1 Å². The van der Waals surface area contributed by atoms with E-state index in [-0.39, 0.29) is 29.6 Å². The molecule has 1 aliphatic rings. The second-order valence-corrected chi connectivity index (χ2v) is 7.63. The summed E-state index contributed by atoms with van der Waals surface area (Å²) in [6.07, 6.45) is -0.609. The Morgan fingerprint density at radius 3 is 2.73 bits per heavy atom. The molecule has 2 aromatic carbocycles. The van der Waals surface area contributed by atoms with Crippen LogP contribution in [0.2, 0.25) is 0 Å². The van der Waals surface area contributed by atoms with Gasteiger partial charge in [0, 0.05) is 18.5 Å². The molecule has 0 aromatic heterocycles. The van der Waals surface area contributed by atoms with Crippen LogP contribution in [0.1, 0.15) is 23.7 Å². The molecule has 1 unspecified atom stereocenters. The molecular formula is C18H18N2O5S. The second-order valence-electron chi connectivity index (χ2n) is 5.86. The number of benzene rings is 2. The summed E-state index contributed by atoms with van der Waals surface area (Å²) in [5.41, 5.74) is 0.912. The smallest absolute Gasteiger partial charge is 0.265 e. The van der Waals surface area contributed by atoms with Crippen LogP contribution in [0.15, 0.2) is 53.4 Å². The quantitative estimate of drug-likeness (QED) is 0.753. The van der Waals surface area contributed by atoms with E-state index in [4.69, 9.17) is 4.74 Å². The topological polar surface area (TPSA) is 102 Å². The fraction of sp³-hybridized carbons (Fsp3) is 0.222. The number of carbonyl (C=O) groups excluding carboxylic acids is 2. The van der Waals surface area contributed by atoms with Crippen molar-refractivity contribution < 1.29 is 22.7 Å². The molecule has 0 saturated heterocycles. The number of hydrogen-bond acceptors (Lipinski definition) is 5. The van der Waals surface area contributed by atoms with Crippen LogP contribution in [0, 0.1) is 0 Å². The van der Waals surface area contributed by atoms with Gasteiger partial charge in [-0.2, -0.15) is 0 Å². The van der Waals surface area contributed by atoms with Crippen molar-refractivity contribution in [2.24, 2.45) is 0 Å². The molecule has 1 atom stereocenters. The van der Waals surface area contributed by atoms with Crippen molar-refractivity contribution in [3.8, 4) is 5.75 Å². The van der Waals surface area contributed by atoms with Gasteiger partial charge in [-0.1, -0.05) is 24.3 Å². The molecule has 0 aliphatic carbocycles. The molecule has 0 radical (unpaired) electrons. The van der Waals surface area contributed by atoms with E-state index in [1.54, 1.807) is 30.3 Å². The summed E-state index contributed by atoms with van der Waals surface area (Å²) in [6, 6.07) is 12.8. The average molecular weight is 374 g/mol. The van der Waals surface area contributed by atoms with Gasteiger partial charge in [0.05, 0.1) is 10.6 Å². The van der Waals surface area contributed by atoms with Crippen LogP contribution in [0.5, 0.6) is 5.75 Å². The van der Waals surface area contributed by atoms with Crippen molar-refractivity contribution in [1.29, 1.82) is 0 Å². The SMILES string of the molecule is CC(=O)c1cccc(S(=O)(=O)NCCC2Oc3ccccc3NC2=O)c1. The van der Waals surface area contributed by atoms with Crippen molar-refractivity contribution >= 4 is 27.4 Å². The van der Waals surface area contributed by atoms with Crippen LogP contribution in [0.25, 0.3) is 0 Å². The third-order valence-corrected chi connectivity index (χ3v) is 5.41. The lowest BCUT2D eigenvalue weighted by molar-refractivity contribution is -0.123. The molecule has 0 saturated carbocycles. The molecule has 136 valence electrons. The van der Waals surface area contributed by atoms with E-state index < -0.39 is 16.1 Å². The third-order valence-electron chi connectivity index (χ3n) is 3.96. The molecule has 7 nitrogen and oxygen atoms in total. The molecule has 2 aromatic rings. The zero-order chi connectivity index (χ0) is 18.7. The van der Waals surface area contributed by atoms with Gasteiger partial charge in [0.25, 0.3) is 5.91 Å². The Morgan fingerprint density at radius 2 is 1.96 bits per heavy atom. The zero-order valence-electron chi connectivity index (χ0n) is 14.1. The maximum absolute atomic E-state index is 12.4. The summed E-state index contributed by atoms with van der Waals surface area (Å²) in [6.45, 7) is 1.39. The predicted molar refractivity (Wildman–Crippen MR) is 95.7 cm³/mol. The van der Waals surface area contributed by atoms with E-state index in [2.05, 4.69) is 10.0 Å². The zero-order valence-corrected chi connectivity index (χ0v) is 14.9. The number of carbonyl (C=O) groups is 2. The molecule has 26 heavy (non-hydrogen) atoms. The Morgan fingerprint density at radius 1 is 1.19 bits per heavy atom. The Labute approximate surface area is 151 Å². The first kappa shape index (κ1) is 18.1. The Balaban J connectivity index is 1.63. The van der Waals surface area contributed by atoms with E-state index in [0.717, 1.165) is 0 Å². The molecule has 8 heteroatoms. The van der Waals surface area contributed by atoms with Crippen LogP contribution in [-0.2, 0) is 14.8 Å². The maximum atomic E-state index is 12.4. The number of ketones is 1. The summed E-state index contributed by atoms with van der Waals surface area (Å²) in [5, 5.41) is 2.73. The average Bonchev–Trinajstić information content (AvgIpc) is 2.62. The standard InChI is InChI=1S/C18H18N2O5S/c1-12(21)13-5-4-6-14(11-13)26(23,24)19-10-9-17-18(22)20-15-7-2-3-8-16(15)25-17/h2-8,11,17,19H,9-10H2,1H3,(H,20,22). The molecule has 0 spiro atoms. The summed E-state index contributed by atoms with van der Waals surface area (Å²) < 4.78 is 32.8. The van der Waals surface area contributed by atoms with Gasteiger partial charge in [-0.05, 0) is 31.2 Å². The number of rotatable bonds is 6. The normalized spacial score (nSPS) is 16.3.